The van der Waals surface area contributed by atoms with Crippen molar-refractivity contribution in [2.45, 2.75) is 66.7 Å². The summed E-state index contributed by atoms with van der Waals surface area (Å²) in [6.07, 6.45) is -0.637. The molecule has 1 fully saturated rings. The van der Waals surface area contributed by atoms with E-state index in [-0.39, 0.29) is 29.6 Å². The molecule has 7 nitrogen and oxygen atoms in total. The number of hydrogen-bond donors (Lipinski definition) is 0. The van der Waals surface area contributed by atoms with E-state index in [1.54, 1.807) is 4.90 Å². The van der Waals surface area contributed by atoms with Crippen LogP contribution in [-0.2, 0) is 0 Å². The smallest absolute Gasteiger partial charge is 0.415 e. The highest BCUT2D eigenvalue weighted by Crippen LogP contribution is 2.37. The van der Waals surface area contributed by atoms with Crippen molar-refractivity contribution in [1.29, 1.82) is 0 Å². The fourth-order valence-corrected chi connectivity index (χ4v) is 4.09. The normalized spacial score (nSPS) is 20.5. The van der Waals surface area contributed by atoms with E-state index in [0.29, 0.717) is 0 Å². The average Bonchev–Trinajstić information content (AvgIpc) is 2.71. The number of benzene rings is 2. The summed E-state index contributed by atoms with van der Waals surface area (Å²) in [7, 11) is 0. The van der Waals surface area contributed by atoms with E-state index >= 15 is 0 Å². The Kier molecular flexibility index (Phi) is 5.74. The topological polar surface area (TPSA) is 81.9 Å². The van der Waals surface area contributed by atoms with Gasteiger partial charge in [-0.15, -0.1) is 0 Å². The number of nitro benzene ring substituents is 1. The first kappa shape index (κ1) is 21.6. The summed E-state index contributed by atoms with van der Waals surface area (Å²) in [6, 6.07) is 5.14. The van der Waals surface area contributed by atoms with Crippen LogP contribution in [0.25, 0.3) is 0 Å². The maximum absolute atomic E-state index is 12.6. The Labute approximate surface area is 176 Å². The highest BCUT2D eigenvalue weighted by molar-refractivity contribution is 5.73. The fraction of sp³-hybridized carbons (Fsp3) is 0.435. The predicted molar refractivity (Wildman–Crippen MR) is 114 cm³/mol. The number of nitrogens with zero attached hydrogens (tertiary/aromatic N) is 2. The first-order valence-corrected chi connectivity index (χ1v) is 10.0. The van der Waals surface area contributed by atoms with E-state index in [9.17, 15) is 14.9 Å². The zero-order chi connectivity index (χ0) is 22.3. The van der Waals surface area contributed by atoms with Crippen LogP contribution >= 0.6 is 0 Å². The number of carbonyl (C=O) groups excluding carboxylic acids is 1. The summed E-state index contributed by atoms with van der Waals surface area (Å²) in [6.45, 7) is 14.3. The molecule has 0 N–H and O–H groups in total. The van der Waals surface area contributed by atoms with Gasteiger partial charge < -0.3 is 9.47 Å². The quantitative estimate of drug-likeness (QED) is 0.511. The second kappa shape index (κ2) is 7.97. The molecule has 7 heteroatoms. The Bertz CT molecular complexity index is 961. The minimum Gasteiger partial charge on any atom is -0.486 e. The molecule has 0 bridgehead atoms. The second-order valence-electron chi connectivity index (χ2n) is 8.04. The third-order valence-corrected chi connectivity index (χ3v) is 6.48. The molecule has 0 radical (unpaired) electrons. The lowest BCUT2D eigenvalue weighted by Gasteiger charge is -2.51. The lowest BCUT2D eigenvalue weighted by molar-refractivity contribution is -0.384. The molecule has 2 aromatic carbocycles. The van der Waals surface area contributed by atoms with Crippen molar-refractivity contribution in [3.63, 3.8) is 0 Å². The number of hydrogen-bond acceptors (Lipinski definition) is 5. The van der Waals surface area contributed by atoms with Crippen LogP contribution in [0.3, 0.4) is 0 Å². The van der Waals surface area contributed by atoms with Gasteiger partial charge >= 0.3 is 6.09 Å². The summed E-state index contributed by atoms with van der Waals surface area (Å²) in [5.41, 5.74) is 5.93. The predicted octanol–water partition coefficient (Wildman–Crippen LogP) is 5.18. The lowest BCUT2D eigenvalue weighted by Crippen LogP contribution is -2.69. The number of rotatable bonds is 4. The number of non-ortho nitro benzene ring substituents is 1. The van der Waals surface area contributed by atoms with Gasteiger partial charge in [0.1, 0.15) is 17.6 Å². The SMILES string of the molecule is Cc1c(C)c(C)c(OC2C(C)N(C(=O)Oc3ccc([N+](=O)[O-])cc3)C2C)c(C)c1C. The standard InChI is InChI=1S/C23H28N2O5/c1-12-13(2)15(4)21(16(5)14(12)3)30-22-17(6)24(18(22)7)23(26)29-20-10-8-19(9-11-20)25(27)28/h8-11,17-18,22H,1-7H3. The summed E-state index contributed by atoms with van der Waals surface area (Å²) in [4.78, 5) is 24.5. The Hall–Kier alpha value is -3.09. The van der Waals surface area contributed by atoms with Crippen molar-refractivity contribution in [2.24, 2.45) is 0 Å². The van der Waals surface area contributed by atoms with Gasteiger partial charge in [0.25, 0.3) is 5.69 Å². The second-order valence-corrected chi connectivity index (χ2v) is 8.04. The molecule has 3 rings (SSSR count). The van der Waals surface area contributed by atoms with Crippen LogP contribution in [0.1, 0.15) is 41.7 Å². The minimum absolute atomic E-state index is 0.0524. The van der Waals surface area contributed by atoms with Gasteiger partial charge in [0.15, 0.2) is 0 Å². The summed E-state index contributed by atoms with van der Waals surface area (Å²) >= 11 is 0. The summed E-state index contributed by atoms with van der Waals surface area (Å²) < 4.78 is 11.8. The van der Waals surface area contributed by atoms with Crippen LogP contribution in [0.4, 0.5) is 10.5 Å². The Morgan fingerprint density at radius 1 is 0.900 bits per heavy atom. The van der Waals surface area contributed by atoms with Crippen LogP contribution in [0.5, 0.6) is 11.5 Å². The third kappa shape index (κ3) is 3.60. The maximum atomic E-state index is 12.6. The highest BCUT2D eigenvalue weighted by atomic mass is 16.6. The monoisotopic (exact) mass is 412 g/mol. The number of ether oxygens (including phenoxy) is 2. The van der Waals surface area contributed by atoms with E-state index in [0.717, 1.165) is 16.9 Å². The van der Waals surface area contributed by atoms with E-state index in [2.05, 4.69) is 34.6 Å². The van der Waals surface area contributed by atoms with Crippen molar-refractivity contribution in [3.8, 4) is 11.5 Å². The summed E-state index contributed by atoms with van der Waals surface area (Å²) in [5, 5.41) is 10.8. The fourth-order valence-electron chi connectivity index (χ4n) is 4.09. The third-order valence-electron chi connectivity index (χ3n) is 6.48. The number of amides is 1. The summed E-state index contributed by atoms with van der Waals surface area (Å²) in [5.74, 6) is 1.16. The number of nitro groups is 1. The number of carbonyl (C=O) groups is 1. The van der Waals surface area contributed by atoms with Gasteiger partial charge in [0, 0.05) is 12.1 Å². The molecule has 2 unspecified atom stereocenters. The molecule has 1 aliphatic rings. The Morgan fingerprint density at radius 3 is 1.83 bits per heavy atom. The Balaban J connectivity index is 1.72. The Morgan fingerprint density at radius 2 is 1.37 bits per heavy atom. The van der Waals surface area contributed by atoms with Crippen molar-refractivity contribution < 1.29 is 19.2 Å². The van der Waals surface area contributed by atoms with Crippen molar-refractivity contribution >= 4 is 11.8 Å². The zero-order valence-electron chi connectivity index (χ0n) is 18.5. The highest BCUT2D eigenvalue weighted by Gasteiger charge is 2.49. The molecule has 0 spiro atoms. The molecule has 2 atom stereocenters. The number of likely N-dealkylation sites (tertiary alicyclic amines) is 1. The van der Waals surface area contributed by atoms with Crippen LogP contribution in [0.15, 0.2) is 24.3 Å². The first-order chi connectivity index (χ1) is 14.0. The molecular weight excluding hydrogens is 384 g/mol. The van der Waals surface area contributed by atoms with Crippen molar-refractivity contribution in [1.82, 2.24) is 4.90 Å². The van der Waals surface area contributed by atoms with Crippen LogP contribution in [0.2, 0.25) is 0 Å². The van der Waals surface area contributed by atoms with Gasteiger partial charge in [-0.3, -0.25) is 15.0 Å². The van der Waals surface area contributed by atoms with E-state index < -0.39 is 11.0 Å². The minimum atomic E-state index is -0.494. The van der Waals surface area contributed by atoms with Gasteiger partial charge in [-0.25, -0.2) is 4.79 Å². The van der Waals surface area contributed by atoms with Gasteiger partial charge in [-0.1, -0.05) is 0 Å². The van der Waals surface area contributed by atoms with Crippen LogP contribution in [0, 0.1) is 44.7 Å². The molecule has 0 aromatic heterocycles. The molecule has 1 heterocycles. The molecule has 0 aliphatic carbocycles. The van der Waals surface area contributed by atoms with Gasteiger partial charge in [0.2, 0.25) is 0 Å². The van der Waals surface area contributed by atoms with Gasteiger partial charge in [-0.2, -0.15) is 0 Å². The molecule has 0 saturated carbocycles. The molecule has 160 valence electrons. The molecule has 1 aliphatic heterocycles. The van der Waals surface area contributed by atoms with Crippen LogP contribution in [-0.4, -0.2) is 34.1 Å². The molecule has 1 amide bonds. The molecular formula is C23H28N2O5. The van der Waals surface area contributed by atoms with E-state index in [1.165, 1.54) is 41.0 Å². The van der Waals surface area contributed by atoms with Crippen molar-refractivity contribution in [3.05, 3.63) is 62.2 Å². The van der Waals surface area contributed by atoms with Gasteiger partial charge in [0.05, 0.1) is 17.0 Å². The largest absolute Gasteiger partial charge is 0.486 e. The lowest BCUT2D eigenvalue weighted by atomic mass is 9.90. The van der Waals surface area contributed by atoms with Gasteiger partial charge in [-0.05, 0) is 88.4 Å². The van der Waals surface area contributed by atoms with E-state index in [1.807, 2.05) is 13.8 Å². The molecule has 30 heavy (non-hydrogen) atoms. The van der Waals surface area contributed by atoms with Crippen molar-refractivity contribution in [2.75, 3.05) is 0 Å². The van der Waals surface area contributed by atoms with E-state index in [4.69, 9.17) is 9.47 Å². The molecule has 2 aromatic rings. The van der Waals surface area contributed by atoms with Crippen LogP contribution < -0.4 is 9.47 Å². The zero-order valence-corrected chi connectivity index (χ0v) is 18.5. The molecule has 1 saturated heterocycles. The average molecular weight is 412 g/mol. The first-order valence-electron chi connectivity index (χ1n) is 10.0. The maximum Gasteiger partial charge on any atom is 0.415 e.